The van der Waals surface area contributed by atoms with Gasteiger partial charge in [0.25, 0.3) is 15.9 Å². The summed E-state index contributed by atoms with van der Waals surface area (Å²) in [7, 11) is -3.87. The Bertz CT molecular complexity index is 1310. The highest BCUT2D eigenvalue weighted by atomic mass is 32.2. The van der Waals surface area contributed by atoms with Gasteiger partial charge in [-0.15, -0.1) is 11.3 Å². The molecule has 158 valence electrons. The highest BCUT2D eigenvalue weighted by Crippen LogP contribution is 2.23. The van der Waals surface area contributed by atoms with Crippen LogP contribution in [0.5, 0.6) is 0 Å². The molecular formula is C20H18N6O3S2. The first-order valence-electron chi connectivity index (χ1n) is 9.16. The second-order valence-electron chi connectivity index (χ2n) is 6.70. The van der Waals surface area contributed by atoms with E-state index in [2.05, 4.69) is 30.2 Å². The lowest BCUT2D eigenvalue weighted by atomic mass is 10.3. The number of aromatic amines is 1. The number of H-pyrrole nitrogens is 1. The summed E-state index contributed by atoms with van der Waals surface area (Å²) in [6.07, 6.45) is 0. The van der Waals surface area contributed by atoms with Crippen LogP contribution in [0.3, 0.4) is 0 Å². The van der Waals surface area contributed by atoms with Crippen molar-refractivity contribution >= 4 is 38.9 Å². The maximum Gasteiger partial charge on any atom is 0.276 e. The van der Waals surface area contributed by atoms with Gasteiger partial charge in [0.2, 0.25) is 5.95 Å². The molecule has 0 aliphatic carbocycles. The van der Waals surface area contributed by atoms with Crippen molar-refractivity contribution in [2.45, 2.75) is 18.7 Å². The molecule has 4 rings (SSSR count). The second-order valence-corrected chi connectivity index (χ2v) is 9.33. The molecule has 0 saturated heterocycles. The van der Waals surface area contributed by atoms with Crippen LogP contribution < -0.4 is 10.0 Å². The van der Waals surface area contributed by atoms with Crippen molar-refractivity contribution in [1.29, 1.82) is 0 Å². The third-order valence-corrected chi connectivity index (χ3v) is 6.47. The summed E-state index contributed by atoms with van der Waals surface area (Å²) >= 11 is 1.54. The molecule has 0 saturated carbocycles. The van der Waals surface area contributed by atoms with E-state index in [0.717, 1.165) is 10.6 Å². The summed E-state index contributed by atoms with van der Waals surface area (Å²) < 4.78 is 27.6. The molecule has 0 spiro atoms. The first-order valence-corrected chi connectivity index (χ1v) is 11.5. The highest BCUT2D eigenvalue weighted by molar-refractivity contribution is 7.92. The van der Waals surface area contributed by atoms with Gasteiger partial charge < -0.3 is 5.32 Å². The Hall–Kier alpha value is -3.57. The Kier molecular flexibility index (Phi) is 5.53. The fourth-order valence-corrected chi connectivity index (χ4v) is 4.50. The van der Waals surface area contributed by atoms with E-state index in [1.807, 2.05) is 17.5 Å². The Balaban J connectivity index is 1.45. The second kappa shape index (κ2) is 8.28. The number of carbonyl (C=O) groups excluding carboxylic acids is 1. The molecule has 0 radical (unpaired) electrons. The molecule has 31 heavy (non-hydrogen) atoms. The lowest BCUT2D eigenvalue weighted by molar-refractivity contribution is 0.102. The summed E-state index contributed by atoms with van der Waals surface area (Å²) in [6.45, 7) is 3.51. The lowest BCUT2D eigenvalue weighted by Crippen LogP contribution is -2.16. The number of sulfonamides is 1. The van der Waals surface area contributed by atoms with Crippen LogP contribution in [0, 0.1) is 13.8 Å². The molecule has 1 aromatic carbocycles. The number of aromatic nitrogens is 4. The van der Waals surface area contributed by atoms with Crippen molar-refractivity contribution in [3.05, 3.63) is 71.0 Å². The van der Waals surface area contributed by atoms with E-state index in [4.69, 9.17) is 0 Å². The number of nitrogens with one attached hydrogen (secondary N) is 3. The Morgan fingerprint density at radius 3 is 2.39 bits per heavy atom. The maximum absolute atomic E-state index is 12.6. The quantitative estimate of drug-likeness (QED) is 0.408. The molecule has 4 aromatic rings. The molecule has 3 aromatic heterocycles. The molecule has 9 nitrogen and oxygen atoms in total. The van der Waals surface area contributed by atoms with E-state index in [1.54, 1.807) is 26.0 Å². The minimum Gasteiger partial charge on any atom is -0.321 e. The lowest BCUT2D eigenvalue weighted by Gasteiger charge is -2.09. The fraction of sp³-hybridized carbons (Fsp3) is 0.100. The van der Waals surface area contributed by atoms with Gasteiger partial charge in [-0.2, -0.15) is 5.10 Å². The number of thiophene rings is 1. The number of benzene rings is 1. The molecule has 0 aliphatic rings. The molecule has 0 bridgehead atoms. The summed E-state index contributed by atoms with van der Waals surface area (Å²) in [6, 6.07) is 13.0. The van der Waals surface area contributed by atoms with Gasteiger partial charge in [-0.1, -0.05) is 6.07 Å². The van der Waals surface area contributed by atoms with E-state index < -0.39 is 15.9 Å². The molecule has 0 atom stereocenters. The first kappa shape index (κ1) is 20.7. The van der Waals surface area contributed by atoms with Gasteiger partial charge in [0.05, 0.1) is 15.5 Å². The van der Waals surface area contributed by atoms with E-state index in [9.17, 15) is 13.2 Å². The van der Waals surface area contributed by atoms with Crippen molar-refractivity contribution in [1.82, 2.24) is 20.2 Å². The van der Waals surface area contributed by atoms with Gasteiger partial charge in [0.15, 0.2) is 5.69 Å². The van der Waals surface area contributed by atoms with Crippen LogP contribution in [-0.4, -0.2) is 34.5 Å². The van der Waals surface area contributed by atoms with Gasteiger partial charge in [-0.05, 0) is 61.7 Å². The Morgan fingerprint density at radius 2 is 1.74 bits per heavy atom. The number of hydrogen-bond acceptors (Lipinski definition) is 7. The molecular weight excluding hydrogens is 436 g/mol. The van der Waals surface area contributed by atoms with Gasteiger partial charge in [0, 0.05) is 17.1 Å². The van der Waals surface area contributed by atoms with Crippen molar-refractivity contribution in [3.8, 4) is 10.6 Å². The number of amides is 1. The summed E-state index contributed by atoms with van der Waals surface area (Å²) in [5, 5.41) is 11.5. The minimum atomic E-state index is -3.87. The van der Waals surface area contributed by atoms with Crippen LogP contribution in [0.2, 0.25) is 0 Å². The standard InChI is InChI=1S/C20H18N6O3S2/c1-12-10-13(2)22-20(21-12)26-31(28,29)15-7-5-14(6-8-15)23-19(27)17-11-16(24-25-17)18-4-3-9-30-18/h3-11H,1-2H3,(H,23,27)(H,24,25)(H,21,22,26). The van der Waals surface area contributed by atoms with Gasteiger partial charge in [-0.3, -0.25) is 9.89 Å². The summed E-state index contributed by atoms with van der Waals surface area (Å²) in [4.78, 5) is 21.6. The molecule has 3 heterocycles. The predicted octanol–water partition coefficient (Wildman–Crippen LogP) is 3.60. The third kappa shape index (κ3) is 4.78. The molecule has 0 aliphatic heterocycles. The van der Waals surface area contributed by atoms with Crippen molar-refractivity contribution in [2.24, 2.45) is 0 Å². The maximum atomic E-state index is 12.6. The minimum absolute atomic E-state index is 0.00922. The van der Waals surface area contributed by atoms with Gasteiger partial charge in [0.1, 0.15) is 0 Å². The van der Waals surface area contributed by atoms with E-state index in [1.165, 1.54) is 35.6 Å². The van der Waals surface area contributed by atoms with Gasteiger partial charge in [-0.25, -0.2) is 23.1 Å². The molecule has 1 amide bonds. The zero-order valence-corrected chi connectivity index (χ0v) is 18.2. The van der Waals surface area contributed by atoms with Crippen LogP contribution in [0.4, 0.5) is 11.6 Å². The van der Waals surface area contributed by atoms with E-state index in [0.29, 0.717) is 17.1 Å². The number of carbonyl (C=O) groups is 1. The molecule has 3 N–H and O–H groups in total. The highest BCUT2D eigenvalue weighted by Gasteiger charge is 2.17. The SMILES string of the molecule is Cc1cc(C)nc(NS(=O)(=O)c2ccc(NC(=O)c3cc(-c4cccs4)[nH]n3)cc2)n1. The summed E-state index contributed by atoms with van der Waals surface area (Å²) in [5.41, 5.74) is 2.73. The number of nitrogens with zero attached hydrogens (tertiary/aromatic N) is 3. The topological polar surface area (TPSA) is 130 Å². The van der Waals surface area contributed by atoms with E-state index in [-0.39, 0.29) is 16.5 Å². The number of aryl methyl sites for hydroxylation is 2. The van der Waals surface area contributed by atoms with Gasteiger partial charge >= 0.3 is 0 Å². The smallest absolute Gasteiger partial charge is 0.276 e. The largest absolute Gasteiger partial charge is 0.321 e. The normalized spacial score (nSPS) is 11.3. The van der Waals surface area contributed by atoms with Crippen LogP contribution in [0.15, 0.2) is 58.8 Å². The number of hydrogen-bond donors (Lipinski definition) is 3. The average Bonchev–Trinajstić information content (AvgIpc) is 3.39. The van der Waals surface area contributed by atoms with Crippen molar-refractivity contribution in [3.63, 3.8) is 0 Å². The third-order valence-electron chi connectivity index (χ3n) is 4.23. The van der Waals surface area contributed by atoms with Crippen molar-refractivity contribution in [2.75, 3.05) is 10.0 Å². The summed E-state index contributed by atoms with van der Waals surface area (Å²) in [5.74, 6) is -0.397. The zero-order chi connectivity index (χ0) is 22.0. The van der Waals surface area contributed by atoms with Crippen LogP contribution in [0.1, 0.15) is 21.9 Å². The number of anilines is 2. The average molecular weight is 455 g/mol. The fourth-order valence-electron chi connectivity index (χ4n) is 2.86. The van der Waals surface area contributed by atoms with Crippen LogP contribution in [-0.2, 0) is 10.0 Å². The molecule has 0 fully saturated rings. The zero-order valence-electron chi connectivity index (χ0n) is 16.6. The Morgan fingerprint density at radius 1 is 1.03 bits per heavy atom. The Labute approximate surface area is 182 Å². The molecule has 0 unspecified atom stereocenters. The molecule has 11 heteroatoms. The monoisotopic (exact) mass is 454 g/mol. The number of rotatable bonds is 6. The van der Waals surface area contributed by atoms with Crippen LogP contribution in [0.25, 0.3) is 10.6 Å². The predicted molar refractivity (Wildman–Crippen MR) is 119 cm³/mol. The van der Waals surface area contributed by atoms with E-state index >= 15 is 0 Å². The van der Waals surface area contributed by atoms with Crippen LogP contribution >= 0.6 is 11.3 Å². The van der Waals surface area contributed by atoms with Crippen molar-refractivity contribution < 1.29 is 13.2 Å². The first-order chi connectivity index (χ1) is 14.8.